The summed E-state index contributed by atoms with van der Waals surface area (Å²) in [6.07, 6.45) is 0. The number of hydrogen-bond donors (Lipinski definition) is 2. The Morgan fingerprint density at radius 3 is 2.63 bits per heavy atom. The van der Waals surface area contributed by atoms with E-state index >= 15 is 0 Å². The van der Waals surface area contributed by atoms with E-state index < -0.39 is 0 Å². The first kappa shape index (κ1) is 13.6. The number of phenols is 1. The fourth-order valence-electron chi connectivity index (χ4n) is 1.86. The Kier molecular flexibility index (Phi) is 4.17. The maximum Gasteiger partial charge on any atom is 0.160 e. The smallest absolute Gasteiger partial charge is 0.160 e. The lowest BCUT2D eigenvalue weighted by Gasteiger charge is -2.17. The van der Waals surface area contributed by atoms with E-state index in [0.29, 0.717) is 10.8 Å². The molecular weight excluding hydrogens is 262 g/mol. The zero-order valence-corrected chi connectivity index (χ0v) is 11.6. The third kappa shape index (κ3) is 3.12. The number of methoxy groups -OCH3 is 1. The largest absolute Gasteiger partial charge is 0.504 e. The van der Waals surface area contributed by atoms with Crippen molar-refractivity contribution in [3.63, 3.8) is 0 Å². The zero-order chi connectivity index (χ0) is 13.8. The van der Waals surface area contributed by atoms with Gasteiger partial charge in [-0.1, -0.05) is 29.8 Å². The van der Waals surface area contributed by atoms with Crippen molar-refractivity contribution in [3.05, 3.63) is 53.1 Å². The number of para-hydroxylation sites is 1. The fourth-order valence-corrected chi connectivity index (χ4v) is 2.05. The van der Waals surface area contributed by atoms with E-state index in [1.54, 1.807) is 6.07 Å². The molecule has 3 nitrogen and oxygen atoms in total. The third-order valence-electron chi connectivity index (χ3n) is 2.95. The van der Waals surface area contributed by atoms with Crippen molar-refractivity contribution in [2.45, 2.75) is 13.0 Å². The van der Waals surface area contributed by atoms with Crippen LogP contribution in [0.5, 0.6) is 11.5 Å². The Morgan fingerprint density at radius 1 is 1.21 bits per heavy atom. The molecule has 2 aromatic rings. The molecule has 0 radical (unpaired) electrons. The summed E-state index contributed by atoms with van der Waals surface area (Å²) in [7, 11) is 1.53. The molecule has 19 heavy (non-hydrogen) atoms. The molecule has 0 aliphatic carbocycles. The number of benzene rings is 2. The second-order valence-electron chi connectivity index (χ2n) is 4.28. The lowest BCUT2D eigenvalue weighted by molar-refractivity contribution is 0.373. The van der Waals surface area contributed by atoms with Crippen molar-refractivity contribution in [2.24, 2.45) is 0 Å². The molecule has 0 saturated heterocycles. The molecule has 2 aromatic carbocycles. The van der Waals surface area contributed by atoms with Gasteiger partial charge in [0.05, 0.1) is 17.8 Å². The van der Waals surface area contributed by atoms with Gasteiger partial charge >= 0.3 is 0 Å². The SMILES string of the molecule is COc1cc(C(C)Nc2ccccc2Cl)ccc1O. The van der Waals surface area contributed by atoms with Gasteiger partial charge in [0.1, 0.15) is 0 Å². The highest BCUT2D eigenvalue weighted by Crippen LogP contribution is 2.31. The molecule has 0 aliphatic rings. The first-order valence-corrected chi connectivity index (χ1v) is 6.37. The average molecular weight is 278 g/mol. The first-order chi connectivity index (χ1) is 9.11. The van der Waals surface area contributed by atoms with Gasteiger partial charge in [-0.2, -0.15) is 0 Å². The van der Waals surface area contributed by atoms with Gasteiger partial charge in [-0.3, -0.25) is 0 Å². The molecule has 0 bridgehead atoms. The monoisotopic (exact) mass is 277 g/mol. The molecule has 4 heteroatoms. The summed E-state index contributed by atoms with van der Waals surface area (Å²) in [6, 6.07) is 12.9. The number of hydrogen-bond acceptors (Lipinski definition) is 3. The molecule has 1 atom stereocenters. The molecule has 2 N–H and O–H groups in total. The normalized spacial score (nSPS) is 11.9. The van der Waals surface area contributed by atoms with Crippen LogP contribution in [-0.2, 0) is 0 Å². The Morgan fingerprint density at radius 2 is 1.95 bits per heavy atom. The maximum atomic E-state index is 9.58. The molecule has 0 aliphatic heterocycles. The lowest BCUT2D eigenvalue weighted by Crippen LogP contribution is -2.07. The number of phenolic OH excluding ortho intramolecular Hbond substituents is 1. The van der Waals surface area contributed by atoms with Crippen LogP contribution in [0.25, 0.3) is 0 Å². The van der Waals surface area contributed by atoms with Crippen LogP contribution in [0.3, 0.4) is 0 Å². The molecular formula is C15H16ClNO2. The van der Waals surface area contributed by atoms with Gasteiger partial charge in [-0.15, -0.1) is 0 Å². The third-order valence-corrected chi connectivity index (χ3v) is 3.28. The van der Waals surface area contributed by atoms with E-state index in [1.807, 2.05) is 43.3 Å². The minimum atomic E-state index is 0.0504. The summed E-state index contributed by atoms with van der Waals surface area (Å²) < 4.78 is 5.11. The number of aromatic hydroxyl groups is 1. The van der Waals surface area contributed by atoms with Crippen LogP contribution in [0.1, 0.15) is 18.5 Å². The second-order valence-corrected chi connectivity index (χ2v) is 4.68. The summed E-state index contributed by atoms with van der Waals surface area (Å²) >= 11 is 6.11. The quantitative estimate of drug-likeness (QED) is 0.879. The Hall–Kier alpha value is -1.87. The molecule has 1 unspecified atom stereocenters. The van der Waals surface area contributed by atoms with Crippen LogP contribution < -0.4 is 10.1 Å². The topological polar surface area (TPSA) is 41.5 Å². The molecule has 0 amide bonds. The molecule has 0 saturated carbocycles. The van der Waals surface area contributed by atoms with Gasteiger partial charge in [-0.05, 0) is 36.8 Å². The van der Waals surface area contributed by atoms with Crippen molar-refractivity contribution in [1.82, 2.24) is 0 Å². The van der Waals surface area contributed by atoms with Gasteiger partial charge in [0, 0.05) is 6.04 Å². The minimum Gasteiger partial charge on any atom is -0.504 e. The first-order valence-electron chi connectivity index (χ1n) is 6.00. The van der Waals surface area contributed by atoms with E-state index in [4.69, 9.17) is 16.3 Å². The van der Waals surface area contributed by atoms with Gasteiger partial charge in [0.25, 0.3) is 0 Å². The standard InChI is InChI=1S/C15H16ClNO2/c1-10(17-13-6-4-3-5-12(13)16)11-7-8-14(18)15(9-11)19-2/h3-10,17-18H,1-2H3. The van der Waals surface area contributed by atoms with E-state index in [-0.39, 0.29) is 11.8 Å². The van der Waals surface area contributed by atoms with Gasteiger partial charge in [0.15, 0.2) is 11.5 Å². The predicted octanol–water partition coefficient (Wildman–Crippen LogP) is 4.23. The number of rotatable bonds is 4. The highest BCUT2D eigenvalue weighted by molar-refractivity contribution is 6.33. The highest BCUT2D eigenvalue weighted by atomic mass is 35.5. The second kappa shape index (κ2) is 5.85. The molecule has 0 heterocycles. The van der Waals surface area contributed by atoms with Crippen LogP contribution in [-0.4, -0.2) is 12.2 Å². The Bertz CT molecular complexity index is 572. The van der Waals surface area contributed by atoms with E-state index in [1.165, 1.54) is 7.11 Å². The highest BCUT2D eigenvalue weighted by Gasteiger charge is 2.10. The lowest BCUT2D eigenvalue weighted by atomic mass is 10.1. The summed E-state index contributed by atoms with van der Waals surface area (Å²) in [5.74, 6) is 0.599. The van der Waals surface area contributed by atoms with Crippen LogP contribution >= 0.6 is 11.6 Å². The van der Waals surface area contributed by atoms with Crippen molar-refractivity contribution in [3.8, 4) is 11.5 Å². The zero-order valence-electron chi connectivity index (χ0n) is 10.9. The fraction of sp³-hybridized carbons (Fsp3) is 0.200. The number of nitrogens with one attached hydrogen (secondary N) is 1. The summed E-state index contributed by atoms with van der Waals surface area (Å²) in [6.45, 7) is 2.02. The Labute approximate surface area is 117 Å². The van der Waals surface area contributed by atoms with Crippen molar-refractivity contribution < 1.29 is 9.84 Å². The summed E-state index contributed by atoms with van der Waals surface area (Å²) in [4.78, 5) is 0. The van der Waals surface area contributed by atoms with Crippen LogP contribution in [0.15, 0.2) is 42.5 Å². The van der Waals surface area contributed by atoms with Gasteiger partial charge in [0.2, 0.25) is 0 Å². The molecule has 0 spiro atoms. The van der Waals surface area contributed by atoms with Crippen molar-refractivity contribution in [1.29, 1.82) is 0 Å². The van der Waals surface area contributed by atoms with Crippen LogP contribution in [0.2, 0.25) is 5.02 Å². The van der Waals surface area contributed by atoms with Crippen LogP contribution in [0, 0.1) is 0 Å². The number of anilines is 1. The van der Waals surface area contributed by atoms with Crippen LogP contribution in [0.4, 0.5) is 5.69 Å². The van der Waals surface area contributed by atoms with E-state index in [0.717, 1.165) is 11.3 Å². The predicted molar refractivity (Wildman–Crippen MR) is 78.1 cm³/mol. The average Bonchev–Trinajstić information content (AvgIpc) is 2.42. The molecule has 100 valence electrons. The maximum absolute atomic E-state index is 9.58. The number of halogens is 1. The van der Waals surface area contributed by atoms with Gasteiger partial charge < -0.3 is 15.2 Å². The van der Waals surface area contributed by atoms with Crippen molar-refractivity contribution in [2.75, 3.05) is 12.4 Å². The Balaban J connectivity index is 2.20. The molecule has 0 fully saturated rings. The van der Waals surface area contributed by atoms with Crippen molar-refractivity contribution >= 4 is 17.3 Å². The molecule has 2 rings (SSSR count). The minimum absolute atomic E-state index is 0.0504. The number of ether oxygens (including phenoxy) is 1. The van der Waals surface area contributed by atoms with E-state index in [2.05, 4.69) is 5.32 Å². The van der Waals surface area contributed by atoms with Gasteiger partial charge in [-0.25, -0.2) is 0 Å². The molecule has 0 aromatic heterocycles. The summed E-state index contributed by atoms with van der Waals surface area (Å²) in [5.41, 5.74) is 1.89. The van der Waals surface area contributed by atoms with E-state index in [9.17, 15) is 5.11 Å². The summed E-state index contributed by atoms with van der Waals surface area (Å²) in [5, 5.41) is 13.6.